The second-order valence-corrected chi connectivity index (χ2v) is 5.45. The minimum Gasteiger partial charge on any atom is -0.484 e. The number of nitrogens with zero attached hydrogens (tertiary/aromatic N) is 2. The van der Waals surface area contributed by atoms with Crippen LogP contribution in [0.1, 0.15) is 32.6 Å². The summed E-state index contributed by atoms with van der Waals surface area (Å²) in [5.41, 5.74) is 3.49. The van der Waals surface area contributed by atoms with Crippen molar-refractivity contribution < 1.29 is 14.5 Å². The zero-order valence-corrected chi connectivity index (χ0v) is 12.4. The summed E-state index contributed by atoms with van der Waals surface area (Å²) in [4.78, 5) is 21.7. The van der Waals surface area contributed by atoms with E-state index in [-0.39, 0.29) is 18.2 Å². The van der Waals surface area contributed by atoms with E-state index < -0.39 is 4.92 Å². The second kappa shape index (κ2) is 7.53. The molecule has 1 aromatic carbocycles. The topological polar surface area (TPSA) is 93.8 Å². The van der Waals surface area contributed by atoms with Gasteiger partial charge in [0.15, 0.2) is 6.61 Å². The molecule has 0 aromatic heterocycles. The van der Waals surface area contributed by atoms with Crippen LogP contribution in [0, 0.1) is 16.0 Å². The molecule has 7 nitrogen and oxygen atoms in total. The summed E-state index contributed by atoms with van der Waals surface area (Å²) < 4.78 is 5.26. The fraction of sp³-hybridized carbons (Fsp3) is 0.467. The van der Waals surface area contributed by atoms with E-state index in [1.807, 2.05) is 0 Å². The molecule has 0 bridgehead atoms. The van der Waals surface area contributed by atoms with Gasteiger partial charge in [0.25, 0.3) is 11.6 Å². The first-order valence-electron chi connectivity index (χ1n) is 7.26. The molecule has 1 aromatic rings. The monoisotopic (exact) mass is 305 g/mol. The van der Waals surface area contributed by atoms with E-state index in [2.05, 4.69) is 17.5 Å². The molecule has 1 N–H and O–H groups in total. The van der Waals surface area contributed by atoms with Crippen molar-refractivity contribution in [2.45, 2.75) is 32.6 Å². The molecule has 7 heteroatoms. The molecule has 0 aliphatic heterocycles. The lowest BCUT2D eigenvalue weighted by atomic mass is 9.89. The number of hydrazone groups is 1. The third-order valence-electron chi connectivity index (χ3n) is 3.50. The van der Waals surface area contributed by atoms with Crippen molar-refractivity contribution in [2.75, 3.05) is 6.61 Å². The molecular weight excluding hydrogens is 286 g/mol. The quantitative estimate of drug-likeness (QED) is 0.668. The zero-order chi connectivity index (χ0) is 15.9. The molecule has 1 aliphatic carbocycles. The van der Waals surface area contributed by atoms with E-state index in [4.69, 9.17) is 4.74 Å². The van der Waals surface area contributed by atoms with Gasteiger partial charge in [0.1, 0.15) is 5.75 Å². The number of hydrogen-bond donors (Lipinski definition) is 1. The number of benzene rings is 1. The molecular formula is C15H19N3O4. The molecule has 0 heterocycles. The number of amides is 1. The van der Waals surface area contributed by atoms with Crippen LogP contribution < -0.4 is 10.2 Å². The Hall–Kier alpha value is -2.44. The number of nitro groups is 1. The van der Waals surface area contributed by atoms with E-state index in [0.717, 1.165) is 25.0 Å². The Morgan fingerprint density at radius 1 is 1.45 bits per heavy atom. The van der Waals surface area contributed by atoms with Gasteiger partial charge in [0.05, 0.1) is 4.92 Å². The number of nitro benzene ring substituents is 1. The van der Waals surface area contributed by atoms with Gasteiger partial charge in [-0.2, -0.15) is 5.10 Å². The van der Waals surface area contributed by atoms with E-state index in [1.165, 1.54) is 30.7 Å². The van der Waals surface area contributed by atoms with Gasteiger partial charge in [-0.15, -0.1) is 0 Å². The zero-order valence-electron chi connectivity index (χ0n) is 12.4. The largest absolute Gasteiger partial charge is 0.484 e. The summed E-state index contributed by atoms with van der Waals surface area (Å²) in [5, 5.41) is 14.7. The fourth-order valence-corrected chi connectivity index (χ4v) is 2.35. The Labute approximate surface area is 128 Å². The Morgan fingerprint density at radius 2 is 2.18 bits per heavy atom. The Kier molecular flexibility index (Phi) is 5.46. The maximum atomic E-state index is 11.7. The van der Waals surface area contributed by atoms with Gasteiger partial charge in [0, 0.05) is 17.8 Å². The van der Waals surface area contributed by atoms with Gasteiger partial charge in [-0.3, -0.25) is 14.9 Å². The molecule has 1 fully saturated rings. The Bertz CT molecular complexity index is 569. The SMILES string of the molecule is CC1CCC/C(=N/NC(=O)COc2ccc([N+](=O)[O-])cc2)C1. The molecule has 0 spiro atoms. The summed E-state index contributed by atoms with van der Waals surface area (Å²) in [6.07, 6.45) is 4.16. The summed E-state index contributed by atoms with van der Waals surface area (Å²) in [7, 11) is 0. The molecule has 0 radical (unpaired) electrons. The second-order valence-electron chi connectivity index (χ2n) is 5.45. The van der Waals surface area contributed by atoms with Crippen LogP contribution in [0.5, 0.6) is 5.75 Å². The number of nitrogens with one attached hydrogen (secondary N) is 1. The van der Waals surface area contributed by atoms with Gasteiger partial charge in [-0.25, -0.2) is 5.43 Å². The van der Waals surface area contributed by atoms with Gasteiger partial charge in [0.2, 0.25) is 0 Å². The molecule has 2 rings (SSSR count). The summed E-state index contributed by atoms with van der Waals surface area (Å²) in [6.45, 7) is 2.00. The van der Waals surface area contributed by atoms with Gasteiger partial charge in [-0.1, -0.05) is 6.92 Å². The maximum absolute atomic E-state index is 11.7. The van der Waals surface area contributed by atoms with Crippen molar-refractivity contribution in [1.82, 2.24) is 5.43 Å². The molecule has 0 saturated heterocycles. The van der Waals surface area contributed by atoms with Crippen LogP contribution >= 0.6 is 0 Å². The number of hydrogen-bond acceptors (Lipinski definition) is 5. The summed E-state index contributed by atoms with van der Waals surface area (Å²) in [6, 6.07) is 5.58. The Balaban J connectivity index is 1.77. The predicted molar refractivity (Wildman–Crippen MR) is 81.8 cm³/mol. The highest BCUT2D eigenvalue weighted by Crippen LogP contribution is 2.21. The van der Waals surface area contributed by atoms with Crippen LogP contribution in [-0.4, -0.2) is 23.1 Å². The molecule has 1 saturated carbocycles. The summed E-state index contributed by atoms with van der Waals surface area (Å²) >= 11 is 0. The average Bonchev–Trinajstić information content (AvgIpc) is 2.51. The third-order valence-corrected chi connectivity index (χ3v) is 3.50. The van der Waals surface area contributed by atoms with Crippen molar-refractivity contribution in [3.63, 3.8) is 0 Å². The average molecular weight is 305 g/mol. The van der Waals surface area contributed by atoms with Crippen LogP contribution in [-0.2, 0) is 4.79 Å². The predicted octanol–water partition coefficient (Wildman–Crippen LogP) is 2.66. The number of ether oxygens (including phenoxy) is 1. The number of carbonyl (C=O) groups excluding carboxylic acids is 1. The van der Waals surface area contributed by atoms with Crippen molar-refractivity contribution in [2.24, 2.45) is 11.0 Å². The van der Waals surface area contributed by atoms with Crippen molar-refractivity contribution in [1.29, 1.82) is 0 Å². The van der Waals surface area contributed by atoms with Crippen LogP contribution in [0.15, 0.2) is 29.4 Å². The molecule has 1 amide bonds. The lowest BCUT2D eigenvalue weighted by Crippen LogP contribution is -2.27. The molecule has 1 aliphatic rings. The highest BCUT2D eigenvalue weighted by molar-refractivity contribution is 5.87. The standard InChI is InChI=1S/C15H19N3O4/c1-11-3-2-4-12(9-11)16-17-15(19)10-22-14-7-5-13(6-8-14)18(20)21/h5-8,11H,2-4,9-10H2,1H3,(H,17,19)/b16-12-. The van der Waals surface area contributed by atoms with Crippen molar-refractivity contribution in [3.8, 4) is 5.75 Å². The van der Waals surface area contributed by atoms with E-state index >= 15 is 0 Å². The first-order chi connectivity index (χ1) is 10.5. The Morgan fingerprint density at radius 3 is 2.82 bits per heavy atom. The van der Waals surface area contributed by atoms with Crippen LogP contribution in [0.2, 0.25) is 0 Å². The van der Waals surface area contributed by atoms with Gasteiger partial charge < -0.3 is 4.74 Å². The minimum atomic E-state index is -0.488. The van der Waals surface area contributed by atoms with Crippen LogP contribution in [0.25, 0.3) is 0 Å². The first-order valence-corrected chi connectivity index (χ1v) is 7.26. The molecule has 22 heavy (non-hydrogen) atoms. The normalized spacial score (nSPS) is 19.7. The lowest BCUT2D eigenvalue weighted by molar-refractivity contribution is -0.384. The number of non-ortho nitro benzene ring substituents is 1. The smallest absolute Gasteiger partial charge is 0.277 e. The highest BCUT2D eigenvalue weighted by atomic mass is 16.6. The van der Waals surface area contributed by atoms with Gasteiger partial charge >= 0.3 is 0 Å². The van der Waals surface area contributed by atoms with E-state index in [1.54, 1.807) is 0 Å². The highest BCUT2D eigenvalue weighted by Gasteiger charge is 2.14. The molecule has 118 valence electrons. The van der Waals surface area contributed by atoms with Gasteiger partial charge in [-0.05, 0) is 43.7 Å². The minimum absolute atomic E-state index is 0.0189. The fourth-order valence-electron chi connectivity index (χ4n) is 2.35. The molecule has 1 atom stereocenters. The van der Waals surface area contributed by atoms with E-state index in [9.17, 15) is 14.9 Å². The maximum Gasteiger partial charge on any atom is 0.277 e. The van der Waals surface area contributed by atoms with Crippen molar-refractivity contribution >= 4 is 17.3 Å². The third kappa shape index (κ3) is 4.83. The van der Waals surface area contributed by atoms with Crippen molar-refractivity contribution in [3.05, 3.63) is 34.4 Å². The molecule has 1 unspecified atom stereocenters. The van der Waals surface area contributed by atoms with Crippen LogP contribution in [0.4, 0.5) is 5.69 Å². The first kappa shape index (κ1) is 15.9. The summed E-state index contributed by atoms with van der Waals surface area (Å²) in [5.74, 6) is 0.671. The van der Waals surface area contributed by atoms with Crippen LogP contribution in [0.3, 0.4) is 0 Å². The number of rotatable bonds is 5. The lowest BCUT2D eigenvalue weighted by Gasteiger charge is -2.18. The van der Waals surface area contributed by atoms with E-state index in [0.29, 0.717) is 11.7 Å². The number of carbonyl (C=O) groups is 1.